The molecule has 28 heavy (non-hydrogen) atoms. The Balaban J connectivity index is 2.01. The van der Waals surface area contributed by atoms with E-state index in [9.17, 15) is 9.90 Å². The van der Waals surface area contributed by atoms with Crippen molar-refractivity contribution in [2.75, 3.05) is 26.8 Å². The van der Waals surface area contributed by atoms with Gasteiger partial charge in [-0.2, -0.15) is 0 Å². The molecule has 5 nitrogen and oxygen atoms in total. The maximum atomic E-state index is 11.6. The van der Waals surface area contributed by atoms with Crippen molar-refractivity contribution >= 4 is 5.97 Å². The molecule has 0 aromatic heterocycles. The molecule has 1 aliphatic rings. The van der Waals surface area contributed by atoms with Crippen LogP contribution in [0.5, 0.6) is 11.5 Å². The molecule has 2 aromatic carbocycles. The molecule has 150 valence electrons. The predicted molar refractivity (Wildman–Crippen MR) is 109 cm³/mol. The fourth-order valence-corrected chi connectivity index (χ4v) is 3.93. The average molecular weight is 383 g/mol. The molecule has 1 aliphatic heterocycles. The molecule has 5 heteroatoms. The number of carboxylic acids is 1. The fourth-order valence-electron chi connectivity index (χ4n) is 3.93. The van der Waals surface area contributed by atoms with Gasteiger partial charge in [-0.05, 0) is 56.5 Å². The first kappa shape index (κ1) is 20.2. The van der Waals surface area contributed by atoms with E-state index in [1.807, 2.05) is 19.1 Å². The Bertz CT molecular complexity index is 803. The molecule has 1 N–H and O–H groups in total. The van der Waals surface area contributed by atoms with Crippen LogP contribution in [0, 0.1) is 12.8 Å². The molecule has 0 spiro atoms. The molecule has 0 bridgehead atoms. The quantitative estimate of drug-likeness (QED) is 0.773. The van der Waals surface area contributed by atoms with Crippen molar-refractivity contribution in [3.63, 3.8) is 0 Å². The van der Waals surface area contributed by atoms with Gasteiger partial charge in [0.2, 0.25) is 0 Å². The highest BCUT2D eigenvalue weighted by Crippen LogP contribution is 2.37. The molecular weight excluding hydrogens is 354 g/mol. The molecule has 2 aromatic rings. The lowest BCUT2D eigenvalue weighted by molar-refractivity contribution is -0.143. The second-order valence-electron chi connectivity index (χ2n) is 7.33. The number of hydrogen-bond acceptors (Lipinski definition) is 4. The van der Waals surface area contributed by atoms with Crippen LogP contribution in [-0.2, 0) is 4.79 Å². The second-order valence-corrected chi connectivity index (χ2v) is 7.33. The van der Waals surface area contributed by atoms with Crippen LogP contribution in [0.15, 0.2) is 42.5 Å². The number of hydrogen-bond donors (Lipinski definition) is 1. The van der Waals surface area contributed by atoms with Crippen LogP contribution >= 0.6 is 0 Å². The van der Waals surface area contributed by atoms with Crippen LogP contribution in [0.3, 0.4) is 0 Å². The Morgan fingerprint density at radius 1 is 1.18 bits per heavy atom. The summed E-state index contributed by atoms with van der Waals surface area (Å²) in [6.07, 6.45) is 1.62. The molecule has 2 atom stereocenters. The van der Waals surface area contributed by atoms with Crippen LogP contribution in [0.1, 0.15) is 42.5 Å². The topological polar surface area (TPSA) is 59.0 Å². The van der Waals surface area contributed by atoms with E-state index in [0.717, 1.165) is 36.3 Å². The number of benzene rings is 2. The lowest BCUT2D eigenvalue weighted by Crippen LogP contribution is -2.41. The van der Waals surface area contributed by atoms with Crippen molar-refractivity contribution in [1.29, 1.82) is 0 Å². The summed E-state index contributed by atoms with van der Waals surface area (Å²) in [4.78, 5) is 13.9. The van der Waals surface area contributed by atoms with Crippen molar-refractivity contribution in [2.45, 2.75) is 32.7 Å². The third-order valence-electron chi connectivity index (χ3n) is 5.36. The lowest BCUT2D eigenvalue weighted by Gasteiger charge is -2.37. The number of ether oxygens (including phenoxy) is 2. The van der Waals surface area contributed by atoms with E-state index in [4.69, 9.17) is 9.47 Å². The zero-order valence-electron chi connectivity index (χ0n) is 16.9. The SMILES string of the molecule is CCOc1ccc(C(c2ccc(C)cc2)N2CCCC(C(=O)O)C2)cc1OC. The Morgan fingerprint density at radius 3 is 2.54 bits per heavy atom. The smallest absolute Gasteiger partial charge is 0.307 e. The van der Waals surface area contributed by atoms with E-state index in [2.05, 4.69) is 42.2 Å². The third-order valence-corrected chi connectivity index (χ3v) is 5.36. The molecule has 0 saturated carbocycles. The van der Waals surface area contributed by atoms with Crippen LogP contribution in [-0.4, -0.2) is 42.8 Å². The normalized spacial score (nSPS) is 18.5. The number of aliphatic carboxylic acids is 1. The summed E-state index contributed by atoms with van der Waals surface area (Å²) in [6, 6.07) is 14.5. The van der Waals surface area contributed by atoms with Crippen molar-refractivity contribution in [3.05, 3.63) is 59.2 Å². The zero-order chi connectivity index (χ0) is 20.1. The van der Waals surface area contributed by atoms with Gasteiger partial charge in [-0.1, -0.05) is 35.9 Å². The van der Waals surface area contributed by atoms with Gasteiger partial charge in [-0.3, -0.25) is 9.69 Å². The van der Waals surface area contributed by atoms with Crippen LogP contribution in [0.4, 0.5) is 0 Å². The van der Waals surface area contributed by atoms with Crippen molar-refractivity contribution in [1.82, 2.24) is 4.90 Å². The molecule has 0 aliphatic carbocycles. The van der Waals surface area contributed by atoms with E-state index in [1.54, 1.807) is 7.11 Å². The first-order chi connectivity index (χ1) is 13.5. The largest absolute Gasteiger partial charge is 0.493 e. The van der Waals surface area contributed by atoms with Crippen molar-refractivity contribution in [3.8, 4) is 11.5 Å². The highest BCUT2D eigenvalue weighted by Gasteiger charge is 2.31. The van der Waals surface area contributed by atoms with Gasteiger partial charge < -0.3 is 14.6 Å². The Kier molecular flexibility index (Phi) is 6.57. The summed E-state index contributed by atoms with van der Waals surface area (Å²) in [5, 5.41) is 9.53. The molecular formula is C23H29NO4. The molecule has 3 rings (SSSR count). The summed E-state index contributed by atoms with van der Waals surface area (Å²) in [5.41, 5.74) is 3.44. The molecule has 0 radical (unpaired) electrons. The maximum absolute atomic E-state index is 11.6. The minimum absolute atomic E-state index is 0.0210. The number of carboxylic acid groups (broad SMARTS) is 1. The summed E-state index contributed by atoms with van der Waals surface area (Å²) in [5.74, 6) is 0.379. The number of likely N-dealkylation sites (tertiary alicyclic amines) is 1. The minimum Gasteiger partial charge on any atom is -0.493 e. The van der Waals surface area contributed by atoms with E-state index >= 15 is 0 Å². The molecule has 1 fully saturated rings. The zero-order valence-corrected chi connectivity index (χ0v) is 16.9. The summed E-state index contributed by atoms with van der Waals surface area (Å²) in [6.45, 7) is 6.01. The highest BCUT2D eigenvalue weighted by molar-refractivity contribution is 5.70. The number of rotatable bonds is 7. The van der Waals surface area contributed by atoms with Gasteiger partial charge in [0.25, 0.3) is 0 Å². The van der Waals surface area contributed by atoms with Gasteiger partial charge in [-0.15, -0.1) is 0 Å². The van der Waals surface area contributed by atoms with E-state index in [0.29, 0.717) is 18.9 Å². The number of aryl methyl sites for hydroxylation is 1. The number of piperidine rings is 1. The number of nitrogens with zero attached hydrogens (tertiary/aromatic N) is 1. The molecule has 1 saturated heterocycles. The van der Waals surface area contributed by atoms with Gasteiger partial charge in [0, 0.05) is 6.54 Å². The lowest BCUT2D eigenvalue weighted by atomic mass is 9.91. The minimum atomic E-state index is -0.711. The highest BCUT2D eigenvalue weighted by atomic mass is 16.5. The predicted octanol–water partition coefficient (Wildman–Crippen LogP) is 4.29. The van der Waals surface area contributed by atoms with Crippen molar-refractivity contribution in [2.24, 2.45) is 5.92 Å². The molecule has 2 unspecified atom stereocenters. The molecule has 1 heterocycles. The van der Waals surface area contributed by atoms with Crippen LogP contribution in [0.2, 0.25) is 0 Å². The van der Waals surface area contributed by atoms with Gasteiger partial charge >= 0.3 is 5.97 Å². The monoisotopic (exact) mass is 383 g/mol. The van der Waals surface area contributed by atoms with E-state index in [-0.39, 0.29) is 12.0 Å². The van der Waals surface area contributed by atoms with Gasteiger partial charge in [0.15, 0.2) is 11.5 Å². The van der Waals surface area contributed by atoms with Gasteiger partial charge in [0.05, 0.1) is 25.7 Å². The Morgan fingerprint density at radius 2 is 1.89 bits per heavy atom. The maximum Gasteiger partial charge on any atom is 0.307 e. The number of methoxy groups -OCH3 is 1. The number of carbonyl (C=O) groups is 1. The van der Waals surface area contributed by atoms with Gasteiger partial charge in [-0.25, -0.2) is 0 Å². The summed E-state index contributed by atoms with van der Waals surface area (Å²) >= 11 is 0. The van der Waals surface area contributed by atoms with Crippen LogP contribution < -0.4 is 9.47 Å². The standard InChI is InChI=1S/C23H29NO4/c1-4-28-20-12-11-18(14-21(20)27-3)22(17-9-7-16(2)8-10-17)24-13-5-6-19(15-24)23(25)26/h7-12,14,19,22H,4-6,13,15H2,1-3H3,(H,25,26). The van der Waals surface area contributed by atoms with Crippen molar-refractivity contribution < 1.29 is 19.4 Å². The Hall–Kier alpha value is -2.53. The summed E-state index contributed by atoms with van der Waals surface area (Å²) < 4.78 is 11.2. The van der Waals surface area contributed by atoms with E-state index < -0.39 is 5.97 Å². The Labute approximate surface area is 166 Å². The summed E-state index contributed by atoms with van der Waals surface area (Å²) in [7, 11) is 1.64. The first-order valence-electron chi connectivity index (χ1n) is 9.87. The van der Waals surface area contributed by atoms with Gasteiger partial charge in [0.1, 0.15) is 0 Å². The van der Waals surface area contributed by atoms with E-state index in [1.165, 1.54) is 5.56 Å². The fraction of sp³-hybridized carbons (Fsp3) is 0.435. The third kappa shape index (κ3) is 4.47. The first-order valence-corrected chi connectivity index (χ1v) is 9.87. The van der Waals surface area contributed by atoms with Crippen LogP contribution in [0.25, 0.3) is 0 Å². The second kappa shape index (κ2) is 9.11. The average Bonchev–Trinajstić information content (AvgIpc) is 2.71. The molecule has 0 amide bonds.